The summed E-state index contributed by atoms with van der Waals surface area (Å²) in [6.45, 7) is -1.68. The SMILES string of the molecule is O=C([O-])CN(O)CC(=O)[O-].[Na+].[Na+]. The molecule has 0 aromatic carbocycles. The fourth-order valence-electron chi connectivity index (χ4n) is 0.354. The Morgan fingerprint density at radius 3 is 1.50 bits per heavy atom. The van der Waals surface area contributed by atoms with Crippen molar-refractivity contribution in [3.8, 4) is 0 Å². The molecule has 0 atom stereocenters. The molecule has 0 aromatic rings. The fraction of sp³-hybridized carbons (Fsp3) is 0.500. The predicted molar refractivity (Wildman–Crippen MR) is 23.4 cm³/mol. The first-order chi connectivity index (χ1) is 4.52. The number of rotatable bonds is 4. The van der Waals surface area contributed by atoms with Crippen molar-refractivity contribution in [1.82, 2.24) is 5.06 Å². The quantitative estimate of drug-likeness (QED) is 0.351. The number of carboxylic acid groups (broad SMARTS) is 2. The van der Waals surface area contributed by atoms with E-state index in [1.54, 1.807) is 0 Å². The summed E-state index contributed by atoms with van der Waals surface area (Å²) < 4.78 is 0. The molecule has 0 fully saturated rings. The molecule has 0 spiro atoms. The molecule has 0 heterocycles. The van der Waals surface area contributed by atoms with E-state index in [0.717, 1.165) is 0 Å². The minimum Gasteiger partial charge on any atom is -0.549 e. The van der Waals surface area contributed by atoms with Gasteiger partial charge in [0.2, 0.25) is 0 Å². The van der Waals surface area contributed by atoms with Crippen LogP contribution in [0.3, 0.4) is 0 Å². The molecule has 0 aliphatic rings. The Kier molecular flexibility index (Phi) is 15.4. The van der Waals surface area contributed by atoms with E-state index in [2.05, 4.69) is 0 Å². The Labute approximate surface area is 113 Å². The molecule has 0 rings (SSSR count). The molecule has 0 unspecified atom stereocenters. The van der Waals surface area contributed by atoms with Gasteiger partial charge in [-0.2, -0.15) is 5.06 Å². The Balaban J connectivity index is -0.000000405. The topological polar surface area (TPSA) is 104 Å². The number of hydrogen-bond donors (Lipinski definition) is 1. The Hall–Kier alpha value is 0.860. The van der Waals surface area contributed by atoms with Crippen LogP contribution < -0.4 is 69.3 Å². The summed E-state index contributed by atoms with van der Waals surface area (Å²) in [5.41, 5.74) is 0. The molecule has 0 aromatic heterocycles. The largest absolute Gasteiger partial charge is 1.00 e. The third-order valence-corrected chi connectivity index (χ3v) is 0.623. The van der Waals surface area contributed by atoms with E-state index in [0.29, 0.717) is 0 Å². The van der Waals surface area contributed by atoms with Gasteiger partial charge in [0.25, 0.3) is 0 Å². The molecule has 1 N–H and O–H groups in total. The number of hydroxylamine groups is 2. The van der Waals surface area contributed by atoms with E-state index in [-0.39, 0.29) is 64.2 Å². The van der Waals surface area contributed by atoms with Gasteiger partial charge in [-0.15, -0.1) is 0 Å². The van der Waals surface area contributed by atoms with E-state index in [1.165, 1.54) is 0 Å². The summed E-state index contributed by atoms with van der Waals surface area (Å²) in [6, 6.07) is 0. The molecule has 8 heteroatoms. The first-order valence-corrected chi connectivity index (χ1v) is 2.36. The van der Waals surface area contributed by atoms with Crippen LogP contribution in [0.1, 0.15) is 0 Å². The van der Waals surface area contributed by atoms with Crippen molar-refractivity contribution in [2.45, 2.75) is 0 Å². The second-order valence-electron chi connectivity index (χ2n) is 1.57. The number of nitrogens with zero attached hydrogens (tertiary/aromatic N) is 1. The number of carbonyl (C=O) groups excluding carboxylic acids is 2. The molecule has 0 saturated carbocycles. The number of carbonyl (C=O) groups is 2. The molecule has 0 aliphatic carbocycles. The molecule has 0 aliphatic heterocycles. The van der Waals surface area contributed by atoms with Gasteiger partial charge >= 0.3 is 59.1 Å². The van der Waals surface area contributed by atoms with Crippen LogP contribution in [0.4, 0.5) is 0 Å². The summed E-state index contributed by atoms with van der Waals surface area (Å²) in [7, 11) is 0. The van der Waals surface area contributed by atoms with E-state index >= 15 is 0 Å². The summed E-state index contributed by atoms with van der Waals surface area (Å²) in [5.74, 6) is -3.10. The maximum Gasteiger partial charge on any atom is 1.00 e. The average molecular weight is 193 g/mol. The number of aliphatic carboxylic acids is 2. The van der Waals surface area contributed by atoms with Gasteiger partial charge in [0.15, 0.2) is 0 Å². The first-order valence-electron chi connectivity index (χ1n) is 2.36. The third kappa shape index (κ3) is 13.4. The summed E-state index contributed by atoms with van der Waals surface area (Å²) in [4.78, 5) is 19.3. The van der Waals surface area contributed by atoms with E-state index in [1.807, 2.05) is 0 Å². The fourth-order valence-corrected chi connectivity index (χ4v) is 0.354. The molecular formula is C4H5NNa2O5. The monoisotopic (exact) mass is 193 g/mol. The van der Waals surface area contributed by atoms with Crippen molar-refractivity contribution in [3.05, 3.63) is 0 Å². The molecule has 0 bridgehead atoms. The van der Waals surface area contributed by atoms with E-state index in [4.69, 9.17) is 5.21 Å². The molecule has 0 saturated heterocycles. The van der Waals surface area contributed by atoms with Gasteiger partial charge in [0.05, 0.1) is 25.0 Å². The average Bonchev–Trinajstić information content (AvgIpc) is 1.58. The van der Waals surface area contributed by atoms with E-state index < -0.39 is 25.0 Å². The smallest absolute Gasteiger partial charge is 0.549 e. The standard InChI is InChI=1S/C4H7NO5.2Na/c6-3(7)1-5(10)2-4(8)9;;/h10H,1-2H2,(H,6,7)(H,8,9);;/q;2*+1/p-2. The van der Waals surface area contributed by atoms with Crippen molar-refractivity contribution in [2.75, 3.05) is 13.1 Å². The van der Waals surface area contributed by atoms with Crippen LogP contribution in [0.2, 0.25) is 0 Å². The summed E-state index contributed by atoms with van der Waals surface area (Å²) in [5, 5.41) is 27.8. The zero-order chi connectivity index (χ0) is 8.15. The maximum absolute atomic E-state index is 9.67. The van der Waals surface area contributed by atoms with Gasteiger partial charge in [-0.25, -0.2) is 0 Å². The Morgan fingerprint density at radius 1 is 1.08 bits per heavy atom. The van der Waals surface area contributed by atoms with Gasteiger partial charge in [0, 0.05) is 0 Å². The van der Waals surface area contributed by atoms with Gasteiger partial charge in [0.1, 0.15) is 0 Å². The van der Waals surface area contributed by atoms with Crippen molar-refractivity contribution in [3.63, 3.8) is 0 Å². The molecule has 0 amide bonds. The molecule has 58 valence electrons. The molecular weight excluding hydrogens is 188 g/mol. The van der Waals surface area contributed by atoms with Crippen LogP contribution in [0.5, 0.6) is 0 Å². The predicted octanol–water partition coefficient (Wildman–Crippen LogP) is -9.81. The van der Waals surface area contributed by atoms with Crippen LogP contribution in [-0.2, 0) is 9.59 Å². The molecule has 12 heavy (non-hydrogen) atoms. The van der Waals surface area contributed by atoms with Crippen LogP contribution in [0.15, 0.2) is 0 Å². The van der Waals surface area contributed by atoms with Crippen LogP contribution >= 0.6 is 0 Å². The van der Waals surface area contributed by atoms with Crippen LogP contribution in [0, 0.1) is 0 Å². The van der Waals surface area contributed by atoms with E-state index in [9.17, 15) is 19.8 Å². The molecule has 0 radical (unpaired) electrons. The zero-order valence-electron chi connectivity index (χ0n) is 6.94. The van der Waals surface area contributed by atoms with Gasteiger partial charge in [-0.3, -0.25) is 0 Å². The third-order valence-electron chi connectivity index (χ3n) is 0.623. The Bertz CT molecular complexity index is 136. The Morgan fingerprint density at radius 2 is 1.33 bits per heavy atom. The minimum atomic E-state index is -1.55. The van der Waals surface area contributed by atoms with Crippen LogP contribution in [0.25, 0.3) is 0 Å². The van der Waals surface area contributed by atoms with Crippen molar-refractivity contribution >= 4 is 11.9 Å². The summed E-state index contributed by atoms with van der Waals surface area (Å²) in [6.07, 6.45) is 0. The van der Waals surface area contributed by atoms with Crippen molar-refractivity contribution in [1.29, 1.82) is 0 Å². The number of hydrogen-bond acceptors (Lipinski definition) is 6. The molecule has 6 nitrogen and oxygen atoms in total. The van der Waals surface area contributed by atoms with Crippen LogP contribution in [-0.4, -0.2) is 35.3 Å². The van der Waals surface area contributed by atoms with Crippen molar-refractivity contribution in [2.24, 2.45) is 0 Å². The van der Waals surface area contributed by atoms with Gasteiger partial charge in [-0.05, 0) is 0 Å². The number of carboxylic acids is 2. The van der Waals surface area contributed by atoms with Gasteiger partial charge < -0.3 is 25.0 Å². The second kappa shape index (κ2) is 9.94. The minimum absolute atomic E-state index is 0. The summed E-state index contributed by atoms with van der Waals surface area (Å²) >= 11 is 0. The van der Waals surface area contributed by atoms with Crippen molar-refractivity contribution < 1.29 is 84.1 Å². The maximum atomic E-state index is 9.67. The first kappa shape index (κ1) is 18.6. The second-order valence-corrected chi connectivity index (χ2v) is 1.57. The van der Waals surface area contributed by atoms with Gasteiger partial charge in [-0.1, -0.05) is 0 Å². The zero-order valence-corrected chi connectivity index (χ0v) is 10.9. The normalized spacial score (nSPS) is 8.17.